The fourth-order valence-corrected chi connectivity index (χ4v) is 2.69. The van der Waals surface area contributed by atoms with Crippen molar-refractivity contribution in [2.45, 2.75) is 26.7 Å². The molecule has 1 aromatic rings. The SMILES string of the molecule is CCCCN=C1NN=C(c2ccc(NC(C)=O)cc2F)CS1. The van der Waals surface area contributed by atoms with Gasteiger partial charge in [-0.25, -0.2) is 4.39 Å². The van der Waals surface area contributed by atoms with Gasteiger partial charge in [0.15, 0.2) is 5.17 Å². The van der Waals surface area contributed by atoms with Crippen molar-refractivity contribution in [1.82, 2.24) is 5.43 Å². The van der Waals surface area contributed by atoms with Gasteiger partial charge < -0.3 is 5.32 Å². The average molecular weight is 322 g/mol. The molecule has 0 bridgehead atoms. The second kappa shape index (κ2) is 7.93. The number of hydrogen-bond acceptors (Lipinski definition) is 4. The molecule has 0 unspecified atom stereocenters. The highest BCUT2D eigenvalue weighted by molar-refractivity contribution is 8.14. The molecule has 0 aromatic heterocycles. The number of thioether (sulfide) groups is 1. The van der Waals surface area contributed by atoms with Crippen molar-refractivity contribution in [3.05, 3.63) is 29.6 Å². The second-order valence-electron chi connectivity index (χ2n) is 4.88. The van der Waals surface area contributed by atoms with Crippen LogP contribution in [0.25, 0.3) is 0 Å². The fourth-order valence-electron chi connectivity index (χ4n) is 1.90. The van der Waals surface area contributed by atoms with Gasteiger partial charge in [-0.15, -0.1) is 0 Å². The number of rotatable bonds is 5. The Hall–Kier alpha value is -1.89. The minimum absolute atomic E-state index is 0.229. The van der Waals surface area contributed by atoms with Gasteiger partial charge in [-0.05, 0) is 24.6 Å². The number of aliphatic imine (C=N–C) groups is 1. The third kappa shape index (κ3) is 4.56. The first-order chi connectivity index (χ1) is 10.6. The van der Waals surface area contributed by atoms with Crippen LogP contribution < -0.4 is 10.7 Å². The van der Waals surface area contributed by atoms with E-state index < -0.39 is 5.82 Å². The molecule has 0 atom stereocenters. The van der Waals surface area contributed by atoms with E-state index in [1.54, 1.807) is 12.1 Å². The fraction of sp³-hybridized carbons (Fsp3) is 0.400. The predicted octanol–water partition coefficient (Wildman–Crippen LogP) is 2.98. The molecule has 1 aliphatic rings. The molecule has 2 rings (SSSR count). The minimum atomic E-state index is -0.404. The van der Waals surface area contributed by atoms with Crippen molar-refractivity contribution in [1.29, 1.82) is 0 Å². The van der Waals surface area contributed by atoms with Gasteiger partial charge in [-0.3, -0.25) is 15.2 Å². The number of amides is 1. The van der Waals surface area contributed by atoms with Crippen LogP contribution in [0.2, 0.25) is 0 Å². The van der Waals surface area contributed by atoms with Crippen LogP contribution in [-0.2, 0) is 4.79 Å². The molecule has 7 heteroatoms. The summed E-state index contributed by atoms with van der Waals surface area (Å²) in [4.78, 5) is 15.4. The third-order valence-electron chi connectivity index (χ3n) is 3.00. The molecule has 118 valence electrons. The lowest BCUT2D eigenvalue weighted by Gasteiger charge is -2.15. The number of halogens is 1. The zero-order valence-electron chi connectivity index (χ0n) is 12.6. The minimum Gasteiger partial charge on any atom is -0.326 e. The number of hydrogen-bond donors (Lipinski definition) is 2. The van der Waals surface area contributed by atoms with E-state index in [1.165, 1.54) is 24.8 Å². The van der Waals surface area contributed by atoms with Gasteiger partial charge in [-0.2, -0.15) is 5.10 Å². The first kappa shape index (κ1) is 16.5. The maximum Gasteiger partial charge on any atom is 0.221 e. The summed E-state index contributed by atoms with van der Waals surface area (Å²) < 4.78 is 14.1. The van der Waals surface area contributed by atoms with Gasteiger partial charge in [0.2, 0.25) is 5.91 Å². The number of carbonyl (C=O) groups is 1. The van der Waals surface area contributed by atoms with E-state index in [-0.39, 0.29) is 5.91 Å². The Morgan fingerprint density at radius 3 is 2.95 bits per heavy atom. The largest absolute Gasteiger partial charge is 0.326 e. The van der Waals surface area contributed by atoms with E-state index in [1.807, 2.05) is 0 Å². The first-order valence-electron chi connectivity index (χ1n) is 7.17. The summed E-state index contributed by atoms with van der Waals surface area (Å²) in [5, 5.41) is 7.52. The van der Waals surface area contributed by atoms with Crippen LogP contribution in [0.4, 0.5) is 10.1 Å². The summed E-state index contributed by atoms with van der Waals surface area (Å²) in [6.45, 7) is 4.28. The maximum absolute atomic E-state index is 14.1. The average Bonchev–Trinajstić information content (AvgIpc) is 2.48. The van der Waals surface area contributed by atoms with Crippen LogP contribution in [0, 0.1) is 5.82 Å². The highest BCUT2D eigenvalue weighted by atomic mass is 32.2. The smallest absolute Gasteiger partial charge is 0.221 e. The number of nitrogens with one attached hydrogen (secondary N) is 2. The van der Waals surface area contributed by atoms with E-state index >= 15 is 0 Å². The molecule has 5 nitrogen and oxygen atoms in total. The molecule has 0 fully saturated rings. The van der Waals surface area contributed by atoms with Crippen molar-refractivity contribution in [2.75, 3.05) is 17.6 Å². The van der Waals surface area contributed by atoms with E-state index in [4.69, 9.17) is 0 Å². The van der Waals surface area contributed by atoms with Crippen molar-refractivity contribution in [3.8, 4) is 0 Å². The van der Waals surface area contributed by atoms with Crippen molar-refractivity contribution in [2.24, 2.45) is 10.1 Å². The molecule has 0 spiro atoms. The van der Waals surface area contributed by atoms with Gasteiger partial charge in [0, 0.05) is 30.5 Å². The number of hydrazone groups is 1. The van der Waals surface area contributed by atoms with Gasteiger partial charge in [0.1, 0.15) is 5.82 Å². The monoisotopic (exact) mass is 322 g/mol. The van der Waals surface area contributed by atoms with Crippen LogP contribution in [0.3, 0.4) is 0 Å². The molecular weight excluding hydrogens is 303 g/mol. The van der Waals surface area contributed by atoms with Crippen LogP contribution in [-0.4, -0.2) is 29.1 Å². The van der Waals surface area contributed by atoms with E-state index in [2.05, 4.69) is 27.8 Å². The van der Waals surface area contributed by atoms with Gasteiger partial charge >= 0.3 is 0 Å². The molecule has 0 aliphatic carbocycles. The van der Waals surface area contributed by atoms with Crippen molar-refractivity contribution >= 4 is 34.2 Å². The molecule has 1 amide bonds. The quantitative estimate of drug-likeness (QED) is 0.819. The van der Waals surface area contributed by atoms with Crippen molar-refractivity contribution in [3.63, 3.8) is 0 Å². The lowest BCUT2D eigenvalue weighted by atomic mass is 10.1. The highest BCUT2D eigenvalue weighted by Crippen LogP contribution is 2.19. The number of nitrogens with zero attached hydrogens (tertiary/aromatic N) is 2. The van der Waals surface area contributed by atoms with E-state index in [0.717, 1.165) is 24.6 Å². The third-order valence-corrected chi connectivity index (χ3v) is 3.91. The predicted molar refractivity (Wildman–Crippen MR) is 90.0 cm³/mol. The Labute approximate surface area is 133 Å². The molecule has 1 aliphatic heterocycles. The second-order valence-corrected chi connectivity index (χ2v) is 5.84. The highest BCUT2D eigenvalue weighted by Gasteiger charge is 2.16. The van der Waals surface area contributed by atoms with Crippen LogP contribution >= 0.6 is 11.8 Å². The zero-order valence-corrected chi connectivity index (χ0v) is 13.5. The van der Waals surface area contributed by atoms with Gasteiger partial charge in [0.05, 0.1) is 5.71 Å². The summed E-state index contributed by atoms with van der Waals surface area (Å²) in [6, 6.07) is 4.59. The number of amidine groups is 1. The van der Waals surface area contributed by atoms with Crippen molar-refractivity contribution < 1.29 is 9.18 Å². The number of anilines is 1. The Morgan fingerprint density at radius 2 is 2.36 bits per heavy atom. The van der Waals surface area contributed by atoms with Gasteiger partial charge in [-0.1, -0.05) is 25.1 Å². The molecule has 0 saturated heterocycles. The summed E-state index contributed by atoms with van der Waals surface area (Å²) in [7, 11) is 0. The first-order valence-corrected chi connectivity index (χ1v) is 8.16. The van der Waals surface area contributed by atoms with E-state index in [9.17, 15) is 9.18 Å². The van der Waals surface area contributed by atoms with E-state index in [0.29, 0.717) is 22.7 Å². The molecule has 1 aromatic carbocycles. The number of carbonyl (C=O) groups excluding carboxylic acids is 1. The summed E-state index contributed by atoms with van der Waals surface area (Å²) in [5.41, 5.74) is 4.37. The number of benzene rings is 1. The van der Waals surface area contributed by atoms with Gasteiger partial charge in [0.25, 0.3) is 0 Å². The lowest BCUT2D eigenvalue weighted by molar-refractivity contribution is -0.114. The molecule has 2 N–H and O–H groups in total. The Bertz CT molecular complexity index is 616. The van der Waals surface area contributed by atoms with Crippen LogP contribution in [0.15, 0.2) is 28.3 Å². The Balaban J connectivity index is 2.06. The normalized spacial score (nSPS) is 16.1. The Kier molecular flexibility index (Phi) is 5.94. The molecule has 1 heterocycles. The maximum atomic E-state index is 14.1. The standard InChI is InChI=1S/C15H19FN4OS/c1-3-4-7-17-15-20-19-14(9-22-15)12-6-5-11(8-13(12)16)18-10(2)21/h5-6,8H,3-4,7,9H2,1-2H3,(H,17,20)(H,18,21). The number of unbranched alkanes of at least 4 members (excludes halogenated alkanes) is 1. The molecule has 22 heavy (non-hydrogen) atoms. The summed E-state index contributed by atoms with van der Waals surface area (Å²) >= 11 is 1.51. The summed E-state index contributed by atoms with van der Waals surface area (Å²) in [5.74, 6) is -0.0694. The molecular formula is C15H19FN4OS. The van der Waals surface area contributed by atoms with Crippen LogP contribution in [0.5, 0.6) is 0 Å². The van der Waals surface area contributed by atoms with Crippen LogP contribution in [0.1, 0.15) is 32.3 Å². The zero-order chi connectivity index (χ0) is 15.9. The molecule has 0 saturated carbocycles. The Morgan fingerprint density at radius 1 is 1.55 bits per heavy atom. The lowest BCUT2D eigenvalue weighted by Crippen LogP contribution is -2.26. The summed E-state index contributed by atoms with van der Waals surface area (Å²) in [6.07, 6.45) is 2.14. The molecule has 0 radical (unpaired) electrons. The topological polar surface area (TPSA) is 65.8 Å².